The third kappa shape index (κ3) is 5.32. The number of rotatable bonds is 6. The minimum atomic E-state index is -3.45. The van der Waals surface area contributed by atoms with Crippen molar-refractivity contribution in [3.63, 3.8) is 0 Å². The number of nitrogens with one attached hydrogen (secondary N) is 1. The van der Waals surface area contributed by atoms with Crippen molar-refractivity contribution in [1.82, 2.24) is 9.62 Å². The van der Waals surface area contributed by atoms with Gasteiger partial charge in [0.05, 0.1) is 4.90 Å². The Balaban J connectivity index is 1.59. The molecule has 0 amide bonds. The second kappa shape index (κ2) is 8.74. The van der Waals surface area contributed by atoms with E-state index in [2.05, 4.69) is 28.7 Å². The second-order valence-corrected chi connectivity index (χ2v) is 9.60. The van der Waals surface area contributed by atoms with Crippen LogP contribution in [0.25, 0.3) is 0 Å². The lowest BCUT2D eigenvalue weighted by Crippen LogP contribution is -2.41. The molecule has 6 heteroatoms. The number of sulfonamides is 1. The summed E-state index contributed by atoms with van der Waals surface area (Å²) in [5.41, 5.74) is 2.29. The molecule has 4 nitrogen and oxygen atoms in total. The summed E-state index contributed by atoms with van der Waals surface area (Å²) in [6.45, 7) is 6.54. The van der Waals surface area contributed by atoms with Crippen molar-refractivity contribution in [3.05, 3.63) is 64.7 Å². The lowest BCUT2D eigenvalue weighted by Gasteiger charge is -2.37. The van der Waals surface area contributed by atoms with Gasteiger partial charge in [-0.05, 0) is 69.0 Å². The number of hydrogen-bond donors (Lipinski definition) is 1. The van der Waals surface area contributed by atoms with Gasteiger partial charge in [-0.25, -0.2) is 13.1 Å². The molecule has 146 valence electrons. The Morgan fingerprint density at radius 1 is 1.15 bits per heavy atom. The molecule has 1 aliphatic heterocycles. The van der Waals surface area contributed by atoms with Gasteiger partial charge in [-0.2, -0.15) is 0 Å². The summed E-state index contributed by atoms with van der Waals surface area (Å²) < 4.78 is 27.8. The number of likely N-dealkylation sites (tertiary alicyclic amines) is 1. The van der Waals surface area contributed by atoms with Crippen molar-refractivity contribution >= 4 is 21.6 Å². The first-order valence-electron chi connectivity index (χ1n) is 9.41. The summed E-state index contributed by atoms with van der Waals surface area (Å²) in [4.78, 5) is 2.76. The van der Waals surface area contributed by atoms with E-state index >= 15 is 0 Å². The van der Waals surface area contributed by atoms with Gasteiger partial charge in [0, 0.05) is 24.2 Å². The highest BCUT2D eigenvalue weighted by molar-refractivity contribution is 7.89. The molecule has 27 heavy (non-hydrogen) atoms. The van der Waals surface area contributed by atoms with Crippen LogP contribution in [0.4, 0.5) is 0 Å². The Kier molecular flexibility index (Phi) is 6.58. The first-order valence-corrected chi connectivity index (χ1v) is 11.3. The molecule has 0 radical (unpaired) electrons. The Morgan fingerprint density at radius 3 is 2.48 bits per heavy atom. The third-order valence-electron chi connectivity index (χ3n) is 5.34. The number of hydrogen-bond acceptors (Lipinski definition) is 3. The fourth-order valence-corrected chi connectivity index (χ4v) is 4.84. The average Bonchev–Trinajstić information content (AvgIpc) is 2.67. The Bertz CT molecular complexity index is 851. The fourth-order valence-electron chi connectivity index (χ4n) is 3.60. The van der Waals surface area contributed by atoms with Gasteiger partial charge in [0.25, 0.3) is 0 Å². The van der Waals surface area contributed by atoms with Crippen molar-refractivity contribution in [2.45, 2.75) is 37.6 Å². The maximum absolute atomic E-state index is 12.5. The summed E-state index contributed by atoms with van der Waals surface area (Å²) in [7, 11) is -3.45. The van der Waals surface area contributed by atoms with E-state index < -0.39 is 10.0 Å². The summed E-state index contributed by atoms with van der Waals surface area (Å²) in [6, 6.07) is 15.2. The molecule has 0 aromatic heterocycles. The van der Waals surface area contributed by atoms with Gasteiger partial charge < -0.3 is 0 Å². The zero-order chi connectivity index (χ0) is 19.4. The molecule has 2 atom stereocenters. The van der Waals surface area contributed by atoms with Gasteiger partial charge >= 0.3 is 0 Å². The molecule has 2 aromatic rings. The van der Waals surface area contributed by atoms with Crippen molar-refractivity contribution in [1.29, 1.82) is 0 Å². The topological polar surface area (TPSA) is 49.4 Å². The Morgan fingerprint density at radius 2 is 1.81 bits per heavy atom. The molecule has 1 heterocycles. The maximum atomic E-state index is 12.5. The van der Waals surface area contributed by atoms with Crippen LogP contribution in [-0.2, 0) is 10.0 Å². The molecule has 0 aliphatic carbocycles. The van der Waals surface area contributed by atoms with Gasteiger partial charge in [-0.1, -0.05) is 41.4 Å². The zero-order valence-electron chi connectivity index (χ0n) is 15.9. The summed E-state index contributed by atoms with van der Waals surface area (Å²) >= 11 is 5.99. The van der Waals surface area contributed by atoms with Crippen molar-refractivity contribution in [3.8, 4) is 0 Å². The smallest absolute Gasteiger partial charge is 0.240 e. The molecule has 1 N–H and O–H groups in total. The number of aryl methyl sites for hydroxylation is 1. The van der Waals surface area contributed by atoms with Crippen LogP contribution in [0.15, 0.2) is 53.4 Å². The van der Waals surface area contributed by atoms with Gasteiger partial charge in [0.2, 0.25) is 10.0 Å². The lowest BCUT2D eigenvalue weighted by molar-refractivity contribution is 0.133. The normalized spacial score (nSPS) is 19.7. The molecule has 1 aliphatic rings. The highest BCUT2D eigenvalue weighted by Crippen LogP contribution is 2.27. The van der Waals surface area contributed by atoms with Gasteiger partial charge in [-0.3, -0.25) is 4.90 Å². The highest BCUT2D eigenvalue weighted by atomic mass is 35.5. The second-order valence-electron chi connectivity index (χ2n) is 7.40. The minimum Gasteiger partial charge on any atom is -0.296 e. The van der Waals surface area contributed by atoms with E-state index in [0.29, 0.717) is 23.4 Å². The Labute approximate surface area is 167 Å². The van der Waals surface area contributed by atoms with Crippen LogP contribution in [0.3, 0.4) is 0 Å². The predicted molar refractivity (Wildman–Crippen MR) is 111 cm³/mol. The molecule has 2 aromatic carbocycles. The first kappa shape index (κ1) is 20.3. The van der Waals surface area contributed by atoms with Crippen LogP contribution in [0.2, 0.25) is 5.02 Å². The van der Waals surface area contributed by atoms with E-state index in [-0.39, 0.29) is 0 Å². The van der Waals surface area contributed by atoms with Crippen LogP contribution in [0, 0.1) is 12.8 Å². The largest absolute Gasteiger partial charge is 0.296 e. The van der Waals surface area contributed by atoms with Crippen LogP contribution >= 0.6 is 11.6 Å². The lowest BCUT2D eigenvalue weighted by atomic mass is 9.95. The van der Waals surface area contributed by atoms with Crippen molar-refractivity contribution < 1.29 is 8.42 Å². The number of nitrogens with zero attached hydrogens (tertiary/aromatic N) is 1. The quantitative estimate of drug-likeness (QED) is 0.773. The molecule has 0 saturated carbocycles. The van der Waals surface area contributed by atoms with Crippen LogP contribution in [0.1, 0.15) is 36.9 Å². The Hall–Kier alpha value is -1.40. The molecule has 1 saturated heterocycles. The van der Waals surface area contributed by atoms with Gasteiger partial charge in [0.15, 0.2) is 0 Å². The van der Waals surface area contributed by atoms with E-state index in [4.69, 9.17) is 11.6 Å². The van der Waals surface area contributed by atoms with E-state index in [1.54, 1.807) is 12.1 Å². The standard InChI is InChI=1S/C21H27ClN2O2S/c1-16-5-11-21(12-6-16)27(25,26)23-14-18-4-3-13-24(15-18)17(2)19-7-9-20(22)10-8-19/h5-12,17-18,23H,3-4,13-15H2,1-2H3. The summed E-state index contributed by atoms with van der Waals surface area (Å²) in [5.74, 6) is 0.314. The number of piperidine rings is 1. The van der Waals surface area contributed by atoms with E-state index in [9.17, 15) is 8.42 Å². The molecule has 1 fully saturated rings. The minimum absolute atomic E-state index is 0.291. The zero-order valence-corrected chi connectivity index (χ0v) is 17.4. The molecular weight excluding hydrogens is 380 g/mol. The van der Waals surface area contributed by atoms with Crippen molar-refractivity contribution in [2.75, 3.05) is 19.6 Å². The molecular formula is C21H27ClN2O2S. The van der Waals surface area contributed by atoms with Crippen molar-refractivity contribution in [2.24, 2.45) is 5.92 Å². The molecule has 2 unspecified atom stereocenters. The number of benzene rings is 2. The fraction of sp³-hybridized carbons (Fsp3) is 0.429. The molecule has 0 spiro atoms. The highest BCUT2D eigenvalue weighted by Gasteiger charge is 2.25. The predicted octanol–water partition coefficient (Wildman–Crippen LogP) is 4.40. The summed E-state index contributed by atoms with van der Waals surface area (Å²) in [5, 5.41) is 0.744. The maximum Gasteiger partial charge on any atom is 0.240 e. The first-order chi connectivity index (χ1) is 12.8. The SMILES string of the molecule is Cc1ccc(S(=O)(=O)NCC2CCCN(C(C)c3ccc(Cl)cc3)C2)cc1. The van der Waals surface area contributed by atoms with Gasteiger partial charge in [0.1, 0.15) is 0 Å². The third-order valence-corrected chi connectivity index (χ3v) is 7.04. The van der Waals surface area contributed by atoms with E-state index in [1.165, 1.54) is 5.56 Å². The molecule has 3 rings (SSSR count). The van der Waals surface area contributed by atoms with Crippen LogP contribution in [-0.4, -0.2) is 33.0 Å². The number of halogens is 1. The molecule has 0 bridgehead atoms. The van der Waals surface area contributed by atoms with Crippen LogP contribution < -0.4 is 4.72 Å². The van der Waals surface area contributed by atoms with Gasteiger partial charge in [-0.15, -0.1) is 0 Å². The van der Waals surface area contributed by atoms with Crippen LogP contribution in [0.5, 0.6) is 0 Å². The monoisotopic (exact) mass is 406 g/mol. The average molecular weight is 407 g/mol. The van der Waals surface area contributed by atoms with E-state index in [0.717, 1.165) is 36.5 Å². The summed E-state index contributed by atoms with van der Waals surface area (Å²) in [6.07, 6.45) is 2.12. The van der Waals surface area contributed by atoms with E-state index in [1.807, 2.05) is 31.2 Å².